The Labute approximate surface area is 124 Å². The zero-order valence-electron chi connectivity index (χ0n) is 13.5. The highest BCUT2D eigenvalue weighted by Crippen LogP contribution is 2.27. The Kier molecular flexibility index (Phi) is 5.09. The summed E-state index contributed by atoms with van der Waals surface area (Å²) in [5.74, 6) is -1.34. The lowest BCUT2D eigenvalue weighted by Gasteiger charge is -2.24. The molecule has 0 spiro atoms. The Bertz CT molecular complexity index is 531. The van der Waals surface area contributed by atoms with E-state index < -0.39 is 17.4 Å². The Morgan fingerprint density at radius 2 is 1.90 bits per heavy atom. The molecular formula is C14H24N4O3. The van der Waals surface area contributed by atoms with Gasteiger partial charge in [0.25, 0.3) is 0 Å². The SMILES string of the molecule is CCC(C)NC(=O)C(C)n1nnc(C(=O)O)c1C(C)(C)C. The van der Waals surface area contributed by atoms with Gasteiger partial charge in [-0.05, 0) is 20.3 Å². The lowest BCUT2D eigenvalue weighted by atomic mass is 9.90. The van der Waals surface area contributed by atoms with Crippen molar-refractivity contribution in [3.05, 3.63) is 11.4 Å². The number of nitrogens with zero attached hydrogens (tertiary/aromatic N) is 3. The summed E-state index contributed by atoms with van der Waals surface area (Å²) >= 11 is 0. The minimum Gasteiger partial charge on any atom is -0.476 e. The molecule has 1 aromatic rings. The minimum absolute atomic E-state index is 0.0560. The summed E-state index contributed by atoms with van der Waals surface area (Å²) < 4.78 is 1.40. The summed E-state index contributed by atoms with van der Waals surface area (Å²) in [6.07, 6.45) is 0.822. The molecule has 2 atom stereocenters. The molecule has 0 saturated carbocycles. The molecule has 7 heteroatoms. The van der Waals surface area contributed by atoms with E-state index in [0.29, 0.717) is 5.69 Å². The van der Waals surface area contributed by atoms with Crippen LogP contribution in [0.25, 0.3) is 0 Å². The van der Waals surface area contributed by atoms with E-state index in [1.54, 1.807) is 6.92 Å². The number of nitrogens with one attached hydrogen (secondary N) is 1. The highest BCUT2D eigenvalue weighted by molar-refractivity contribution is 5.87. The number of carboxylic acids is 1. The van der Waals surface area contributed by atoms with Gasteiger partial charge < -0.3 is 10.4 Å². The number of amides is 1. The van der Waals surface area contributed by atoms with Gasteiger partial charge in [-0.25, -0.2) is 9.48 Å². The van der Waals surface area contributed by atoms with Crippen LogP contribution in [0, 0.1) is 0 Å². The molecule has 7 nitrogen and oxygen atoms in total. The van der Waals surface area contributed by atoms with Crippen LogP contribution in [0.1, 0.15) is 70.2 Å². The summed E-state index contributed by atoms with van der Waals surface area (Å²) in [6.45, 7) is 11.2. The van der Waals surface area contributed by atoms with Gasteiger partial charge >= 0.3 is 5.97 Å². The van der Waals surface area contributed by atoms with Crippen LogP contribution >= 0.6 is 0 Å². The molecule has 0 aliphatic heterocycles. The normalized spacial score (nSPS) is 14.6. The fourth-order valence-electron chi connectivity index (χ4n) is 1.98. The van der Waals surface area contributed by atoms with Crippen LogP contribution in [0.4, 0.5) is 0 Å². The molecule has 1 rings (SSSR count). The first-order valence-electron chi connectivity index (χ1n) is 7.08. The molecule has 2 N–H and O–H groups in total. The number of carboxylic acid groups (broad SMARTS) is 1. The highest BCUT2D eigenvalue weighted by atomic mass is 16.4. The molecule has 1 amide bonds. The third kappa shape index (κ3) is 3.80. The van der Waals surface area contributed by atoms with Crippen LogP contribution in [0.3, 0.4) is 0 Å². The van der Waals surface area contributed by atoms with Crippen molar-refractivity contribution in [2.24, 2.45) is 0 Å². The van der Waals surface area contributed by atoms with Crippen molar-refractivity contribution in [2.45, 2.75) is 65.5 Å². The number of carbonyl (C=O) groups excluding carboxylic acids is 1. The Morgan fingerprint density at radius 1 is 1.33 bits per heavy atom. The van der Waals surface area contributed by atoms with E-state index in [0.717, 1.165) is 6.42 Å². The van der Waals surface area contributed by atoms with Gasteiger partial charge in [0.2, 0.25) is 5.91 Å². The van der Waals surface area contributed by atoms with E-state index in [2.05, 4.69) is 15.6 Å². The molecule has 0 radical (unpaired) electrons. The van der Waals surface area contributed by atoms with E-state index in [9.17, 15) is 14.7 Å². The second-order valence-corrected chi connectivity index (χ2v) is 6.28. The number of carbonyl (C=O) groups is 2. The summed E-state index contributed by atoms with van der Waals surface area (Å²) in [5.41, 5.74) is -0.144. The van der Waals surface area contributed by atoms with Gasteiger partial charge in [0.05, 0.1) is 5.69 Å². The fourth-order valence-corrected chi connectivity index (χ4v) is 1.98. The van der Waals surface area contributed by atoms with Gasteiger partial charge in [-0.3, -0.25) is 4.79 Å². The molecule has 1 aromatic heterocycles. The summed E-state index contributed by atoms with van der Waals surface area (Å²) in [6, 6.07) is -0.561. The Balaban J connectivity index is 3.19. The standard InChI is InChI=1S/C14H24N4O3/c1-7-8(2)15-12(19)9(3)18-11(14(4,5)6)10(13(20)21)16-17-18/h8-9H,7H2,1-6H3,(H,15,19)(H,20,21). The van der Waals surface area contributed by atoms with Crippen molar-refractivity contribution in [3.8, 4) is 0 Å². The van der Waals surface area contributed by atoms with Crippen molar-refractivity contribution < 1.29 is 14.7 Å². The molecule has 2 unspecified atom stereocenters. The average molecular weight is 296 g/mol. The predicted molar refractivity (Wildman–Crippen MR) is 78.3 cm³/mol. The maximum atomic E-state index is 12.2. The van der Waals surface area contributed by atoms with Crippen LogP contribution < -0.4 is 5.32 Å². The number of rotatable bonds is 5. The third-order valence-corrected chi connectivity index (χ3v) is 3.35. The molecule has 0 fully saturated rings. The van der Waals surface area contributed by atoms with Crippen molar-refractivity contribution in [1.29, 1.82) is 0 Å². The smallest absolute Gasteiger partial charge is 0.358 e. The van der Waals surface area contributed by atoms with Crippen LogP contribution in [0.15, 0.2) is 0 Å². The summed E-state index contributed by atoms with van der Waals surface area (Å²) in [5, 5.41) is 19.7. The maximum Gasteiger partial charge on any atom is 0.358 e. The largest absolute Gasteiger partial charge is 0.476 e. The molecular weight excluding hydrogens is 272 g/mol. The van der Waals surface area contributed by atoms with E-state index in [1.165, 1.54) is 4.68 Å². The van der Waals surface area contributed by atoms with Crippen molar-refractivity contribution in [2.75, 3.05) is 0 Å². The second-order valence-electron chi connectivity index (χ2n) is 6.28. The quantitative estimate of drug-likeness (QED) is 0.862. The zero-order valence-corrected chi connectivity index (χ0v) is 13.5. The zero-order chi connectivity index (χ0) is 16.4. The van der Waals surface area contributed by atoms with Gasteiger partial charge in [0, 0.05) is 11.5 Å². The number of hydrogen-bond acceptors (Lipinski definition) is 4. The van der Waals surface area contributed by atoms with Crippen molar-refractivity contribution in [1.82, 2.24) is 20.3 Å². The topological polar surface area (TPSA) is 97.1 Å². The average Bonchev–Trinajstić information content (AvgIpc) is 2.82. The highest BCUT2D eigenvalue weighted by Gasteiger charge is 2.32. The Morgan fingerprint density at radius 3 is 2.33 bits per heavy atom. The summed E-state index contributed by atoms with van der Waals surface area (Å²) in [4.78, 5) is 23.5. The lowest BCUT2D eigenvalue weighted by molar-refractivity contribution is -0.124. The molecule has 0 aliphatic carbocycles. The second kappa shape index (κ2) is 6.24. The van der Waals surface area contributed by atoms with Gasteiger partial charge in [-0.15, -0.1) is 5.10 Å². The molecule has 118 valence electrons. The molecule has 0 aromatic carbocycles. The molecule has 1 heterocycles. The predicted octanol–water partition coefficient (Wildman–Crippen LogP) is 1.75. The van der Waals surface area contributed by atoms with Crippen molar-refractivity contribution in [3.63, 3.8) is 0 Å². The van der Waals surface area contributed by atoms with Gasteiger partial charge in [0.15, 0.2) is 5.69 Å². The first-order chi connectivity index (χ1) is 9.59. The first kappa shape index (κ1) is 17.1. The minimum atomic E-state index is -1.14. The lowest BCUT2D eigenvalue weighted by Crippen LogP contribution is -2.38. The van der Waals surface area contributed by atoms with Crippen LogP contribution in [-0.2, 0) is 10.2 Å². The van der Waals surface area contributed by atoms with E-state index >= 15 is 0 Å². The maximum absolute atomic E-state index is 12.2. The van der Waals surface area contributed by atoms with Crippen LogP contribution in [-0.4, -0.2) is 38.0 Å². The van der Waals surface area contributed by atoms with Crippen LogP contribution in [0.2, 0.25) is 0 Å². The van der Waals surface area contributed by atoms with Gasteiger partial charge in [0.1, 0.15) is 6.04 Å². The monoisotopic (exact) mass is 296 g/mol. The molecule has 0 saturated heterocycles. The van der Waals surface area contributed by atoms with Crippen LogP contribution in [0.5, 0.6) is 0 Å². The Hall–Kier alpha value is -1.92. The number of hydrogen-bond donors (Lipinski definition) is 2. The molecule has 21 heavy (non-hydrogen) atoms. The fraction of sp³-hybridized carbons (Fsp3) is 0.714. The van der Waals surface area contributed by atoms with E-state index in [1.807, 2.05) is 34.6 Å². The van der Waals surface area contributed by atoms with Gasteiger partial charge in [-0.2, -0.15) is 0 Å². The van der Waals surface area contributed by atoms with Crippen molar-refractivity contribution >= 4 is 11.9 Å². The number of aromatic carboxylic acids is 1. The summed E-state index contributed by atoms with van der Waals surface area (Å²) in [7, 11) is 0. The van der Waals surface area contributed by atoms with E-state index in [4.69, 9.17) is 0 Å². The molecule has 0 aliphatic rings. The first-order valence-corrected chi connectivity index (χ1v) is 7.08. The third-order valence-electron chi connectivity index (χ3n) is 3.35. The van der Waals surface area contributed by atoms with Gasteiger partial charge in [-0.1, -0.05) is 32.9 Å². The number of aromatic nitrogens is 3. The van der Waals surface area contributed by atoms with E-state index in [-0.39, 0.29) is 17.6 Å². The molecule has 0 bridgehead atoms.